The predicted octanol–water partition coefficient (Wildman–Crippen LogP) is 1.08. The third-order valence-electron chi connectivity index (χ3n) is 3.34. The molecule has 1 aliphatic rings. The van der Waals surface area contributed by atoms with Gasteiger partial charge in [0.25, 0.3) is 0 Å². The molecule has 2 heterocycles. The molecule has 1 aromatic carbocycles. The van der Waals surface area contributed by atoms with E-state index in [1.54, 1.807) is 10.6 Å². The van der Waals surface area contributed by atoms with Crippen LogP contribution in [0, 0.1) is 11.7 Å². The van der Waals surface area contributed by atoms with Gasteiger partial charge in [0.15, 0.2) is 0 Å². The van der Waals surface area contributed by atoms with Crippen LogP contribution in [0.2, 0.25) is 0 Å². The molecule has 0 amide bonds. The minimum atomic E-state index is -0.326. The number of hydrogen-bond acceptors (Lipinski definition) is 2. The number of nitrogens with zero attached hydrogens (tertiary/aromatic N) is 1. The van der Waals surface area contributed by atoms with Gasteiger partial charge in [-0.2, -0.15) is 0 Å². The second-order valence-electron chi connectivity index (χ2n) is 4.56. The second kappa shape index (κ2) is 4.00. The van der Waals surface area contributed by atoms with Crippen LogP contribution in [0.1, 0.15) is 6.42 Å². The number of aromatic nitrogens is 2. The van der Waals surface area contributed by atoms with E-state index < -0.39 is 0 Å². The number of imidazole rings is 1. The van der Waals surface area contributed by atoms with Gasteiger partial charge in [0.1, 0.15) is 5.82 Å². The van der Waals surface area contributed by atoms with E-state index in [0.29, 0.717) is 18.0 Å². The maximum Gasteiger partial charge on any atom is 0.326 e. The Morgan fingerprint density at radius 3 is 3.12 bits per heavy atom. The van der Waals surface area contributed by atoms with Crippen molar-refractivity contribution < 1.29 is 4.39 Å². The Hall–Kier alpha value is -1.62. The highest BCUT2D eigenvalue weighted by atomic mass is 19.1. The lowest BCUT2D eigenvalue weighted by Gasteiger charge is -2.09. The van der Waals surface area contributed by atoms with Gasteiger partial charge in [-0.3, -0.25) is 4.57 Å². The SMILES string of the molecule is O=c1[nH]c2cc(F)ccc2n1CC1CCNC1. The Morgan fingerprint density at radius 2 is 2.35 bits per heavy atom. The average Bonchev–Trinajstić information content (AvgIpc) is 2.88. The predicted molar refractivity (Wildman–Crippen MR) is 63.5 cm³/mol. The number of halogens is 1. The number of fused-ring (bicyclic) bond motifs is 1. The molecule has 0 bridgehead atoms. The van der Waals surface area contributed by atoms with Gasteiger partial charge in [0, 0.05) is 6.54 Å². The highest BCUT2D eigenvalue weighted by molar-refractivity contribution is 5.75. The molecule has 1 aromatic heterocycles. The first kappa shape index (κ1) is 10.5. The number of hydrogen-bond donors (Lipinski definition) is 2. The Kier molecular flexibility index (Phi) is 2.48. The number of aromatic amines is 1. The molecule has 1 unspecified atom stereocenters. The van der Waals surface area contributed by atoms with Crippen LogP contribution in [0.3, 0.4) is 0 Å². The molecule has 0 spiro atoms. The Morgan fingerprint density at radius 1 is 1.47 bits per heavy atom. The highest BCUT2D eigenvalue weighted by Crippen LogP contribution is 2.15. The van der Waals surface area contributed by atoms with E-state index in [0.717, 1.165) is 25.0 Å². The van der Waals surface area contributed by atoms with Gasteiger partial charge < -0.3 is 10.3 Å². The van der Waals surface area contributed by atoms with Crippen LogP contribution >= 0.6 is 0 Å². The van der Waals surface area contributed by atoms with E-state index in [-0.39, 0.29) is 11.5 Å². The molecule has 1 atom stereocenters. The minimum absolute atomic E-state index is 0.155. The summed E-state index contributed by atoms with van der Waals surface area (Å²) in [6.07, 6.45) is 1.08. The molecule has 3 rings (SSSR count). The monoisotopic (exact) mass is 235 g/mol. The standard InChI is InChI=1S/C12H14FN3O/c13-9-1-2-11-10(5-9)15-12(17)16(11)7-8-3-4-14-6-8/h1-2,5,8,14H,3-4,6-7H2,(H,15,17). The highest BCUT2D eigenvalue weighted by Gasteiger charge is 2.17. The summed E-state index contributed by atoms with van der Waals surface area (Å²) in [4.78, 5) is 14.5. The lowest BCUT2D eigenvalue weighted by atomic mass is 10.1. The van der Waals surface area contributed by atoms with Crippen molar-refractivity contribution in [3.05, 3.63) is 34.5 Å². The van der Waals surface area contributed by atoms with Crippen LogP contribution in [0.25, 0.3) is 11.0 Å². The summed E-state index contributed by atoms with van der Waals surface area (Å²) in [7, 11) is 0. The van der Waals surface area contributed by atoms with Crippen molar-refractivity contribution in [2.45, 2.75) is 13.0 Å². The molecule has 1 aliphatic heterocycles. The fourth-order valence-electron chi connectivity index (χ4n) is 2.45. The lowest BCUT2D eigenvalue weighted by Crippen LogP contribution is -2.22. The van der Waals surface area contributed by atoms with Crippen LogP contribution in [0.15, 0.2) is 23.0 Å². The topological polar surface area (TPSA) is 49.8 Å². The van der Waals surface area contributed by atoms with Crippen LogP contribution in [-0.2, 0) is 6.54 Å². The smallest absolute Gasteiger partial charge is 0.316 e. The Labute approximate surface area is 97.4 Å². The fourth-order valence-corrected chi connectivity index (χ4v) is 2.45. The molecule has 2 N–H and O–H groups in total. The summed E-state index contributed by atoms with van der Waals surface area (Å²) in [6.45, 7) is 2.65. The maximum absolute atomic E-state index is 13.0. The van der Waals surface area contributed by atoms with Gasteiger partial charge in [-0.25, -0.2) is 9.18 Å². The molecule has 4 nitrogen and oxygen atoms in total. The molecule has 1 fully saturated rings. The molecule has 5 heteroatoms. The summed E-state index contributed by atoms with van der Waals surface area (Å²) >= 11 is 0. The number of benzene rings is 1. The summed E-state index contributed by atoms with van der Waals surface area (Å²) in [5, 5.41) is 3.28. The number of H-pyrrole nitrogens is 1. The van der Waals surface area contributed by atoms with E-state index in [4.69, 9.17) is 0 Å². The molecule has 1 saturated heterocycles. The molecular formula is C12H14FN3O. The van der Waals surface area contributed by atoms with Crippen LogP contribution < -0.4 is 11.0 Å². The van der Waals surface area contributed by atoms with Crippen molar-refractivity contribution in [2.24, 2.45) is 5.92 Å². The summed E-state index contributed by atoms with van der Waals surface area (Å²) in [5.41, 5.74) is 1.20. The van der Waals surface area contributed by atoms with Crippen molar-refractivity contribution in [1.82, 2.24) is 14.9 Å². The van der Waals surface area contributed by atoms with Crippen LogP contribution in [0.4, 0.5) is 4.39 Å². The van der Waals surface area contributed by atoms with Gasteiger partial charge in [-0.15, -0.1) is 0 Å². The Balaban J connectivity index is 2.02. The summed E-state index contributed by atoms with van der Waals surface area (Å²) in [6, 6.07) is 4.41. The van der Waals surface area contributed by atoms with Crippen molar-refractivity contribution in [3.8, 4) is 0 Å². The van der Waals surface area contributed by atoms with Crippen LogP contribution in [0.5, 0.6) is 0 Å². The zero-order chi connectivity index (χ0) is 11.8. The molecule has 0 radical (unpaired) electrons. The van der Waals surface area contributed by atoms with E-state index >= 15 is 0 Å². The van der Waals surface area contributed by atoms with Crippen LogP contribution in [-0.4, -0.2) is 22.6 Å². The van der Waals surface area contributed by atoms with Gasteiger partial charge in [-0.1, -0.05) is 0 Å². The van der Waals surface area contributed by atoms with Gasteiger partial charge >= 0.3 is 5.69 Å². The number of nitrogens with one attached hydrogen (secondary N) is 2. The van der Waals surface area contributed by atoms with Crippen molar-refractivity contribution >= 4 is 11.0 Å². The first-order valence-corrected chi connectivity index (χ1v) is 5.83. The van der Waals surface area contributed by atoms with Gasteiger partial charge in [-0.05, 0) is 43.6 Å². The normalized spacial score (nSPS) is 20.2. The quantitative estimate of drug-likeness (QED) is 0.818. The Bertz CT molecular complexity index is 595. The zero-order valence-electron chi connectivity index (χ0n) is 9.37. The van der Waals surface area contributed by atoms with Crippen molar-refractivity contribution in [2.75, 3.05) is 13.1 Å². The number of rotatable bonds is 2. The van der Waals surface area contributed by atoms with E-state index in [9.17, 15) is 9.18 Å². The van der Waals surface area contributed by atoms with E-state index in [1.807, 2.05) is 0 Å². The summed E-state index contributed by atoms with van der Waals surface area (Å²) < 4.78 is 14.7. The lowest BCUT2D eigenvalue weighted by molar-refractivity contribution is 0.481. The van der Waals surface area contributed by atoms with Crippen molar-refractivity contribution in [1.29, 1.82) is 0 Å². The molecule has 0 aliphatic carbocycles. The van der Waals surface area contributed by atoms with Gasteiger partial charge in [0.2, 0.25) is 0 Å². The minimum Gasteiger partial charge on any atom is -0.316 e. The first-order valence-electron chi connectivity index (χ1n) is 5.83. The third-order valence-corrected chi connectivity index (χ3v) is 3.34. The molecular weight excluding hydrogens is 221 g/mol. The average molecular weight is 235 g/mol. The second-order valence-corrected chi connectivity index (χ2v) is 4.56. The molecule has 2 aromatic rings. The largest absolute Gasteiger partial charge is 0.326 e. The first-order chi connectivity index (χ1) is 8.24. The molecule has 17 heavy (non-hydrogen) atoms. The molecule has 0 saturated carbocycles. The van der Waals surface area contributed by atoms with Gasteiger partial charge in [0.05, 0.1) is 11.0 Å². The maximum atomic E-state index is 13.0. The van der Waals surface area contributed by atoms with E-state index in [1.165, 1.54) is 12.1 Å². The summed E-state index contributed by atoms with van der Waals surface area (Å²) in [5.74, 6) is 0.158. The van der Waals surface area contributed by atoms with Crippen molar-refractivity contribution in [3.63, 3.8) is 0 Å². The van der Waals surface area contributed by atoms with E-state index in [2.05, 4.69) is 10.3 Å². The third kappa shape index (κ3) is 1.86. The zero-order valence-corrected chi connectivity index (χ0v) is 9.37. The molecule has 90 valence electrons. The fraction of sp³-hybridized carbons (Fsp3) is 0.417.